The number of carbonyl (C=O) groups excluding carboxylic acids is 2. The van der Waals surface area contributed by atoms with E-state index in [0.29, 0.717) is 44.9 Å². The molecule has 3 aromatic rings. The zero-order valence-corrected chi connectivity index (χ0v) is 15.8. The molecule has 138 valence electrons. The van der Waals surface area contributed by atoms with E-state index >= 15 is 0 Å². The fourth-order valence-corrected chi connectivity index (χ4v) is 2.73. The van der Waals surface area contributed by atoms with Gasteiger partial charge in [0.1, 0.15) is 22.7 Å². The lowest BCUT2D eigenvalue weighted by Crippen LogP contribution is -2.09. The van der Waals surface area contributed by atoms with Crippen LogP contribution in [0, 0.1) is 13.8 Å². The van der Waals surface area contributed by atoms with Gasteiger partial charge >= 0.3 is 11.9 Å². The molecule has 1 heterocycles. The Morgan fingerprint density at radius 2 is 1.15 bits per heavy atom. The average Bonchev–Trinajstić information content (AvgIpc) is 2.99. The van der Waals surface area contributed by atoms with Crippen molar-refractivity contribution < 1.29 is 23.5 Å². The summed E-state index contributed by atoms with van der Waals surface area (Å²) < 4.78 is 16.8. The van der Waals surface area contributed by atoms with Crippen molar-refractivity contribution >= 4 is 33.9 Å². The van der Waals surface area contributed by atoms with E-state index in [-0.39, 0.29) is 0 Å². The van der Waals surface area contributed by atoms with Gasteiger partial charge in [0.2, 0.25) is 0 Å². The van der Waals surface area contributed by atoms with Crippen LogP contribution in [0.1, 0.15) is 25.0 Å². The largest absolute Gasteiger partial charge is 0.455 e. The van der Waals surface area contributed by atoms with E-state index in [1.54, 1.807) is 26.0 Å². The zero-order valence-electron chi connectivity index (χ0n) is 15.8. The maximum absolute atomic E-state index is 11.8. The van der Waals surface area contributed by atoms with E-state index in [1.807, 2.05) is 26.0 Å². The molecule has 1 aromatic heterocycles. The minimum absolute atomic E-state index is 0.318. The quantitative estimate of drug-likeness (QED) is 0.363. The molecule has 0 fully saturated rings. The minimum atomic E-state index is -0.487. The molecule has 0 unspecified atom stereocenters. The monoisotopic (exact) mass is 364 g/mol. The topological polar surface area (TPSA) is 65.7 Å². The van der Waals surface area contributed by atoms with E-state index in [2.05, 4.69) is 13.2 Å². The molecule has 0 saturated carbocycles. The van der Waals surface area contributed by atoms with Crippen molar-refractivity contribution in [3.05, 3.63) is 59.7 Å². The van der Waals surface area contributed by atoms with Gasteiger partial charge in [-0.3, -0.25) is 0 Å². The molecular weight excluding hydrogens is 344 g/mol. The van der Waals surface area contributed by atoms with Crippen molar-refractivity contribution in [3.8, 4) is 11.5 Å². The molecule has 0 atom stereocenters. The number of aryl methyl sites for hydroxylation is 2. The number of benzene rings is 2. The van der Waals surface area contributed by atoms with Crippen molar-refractivity contribution in [2.24, 2.45) is 0 Å². The SMILES string of the molecule is C=C(C)C(=O)Oc1ccc2c(oc3c(C)c(OC(=O)C(=C)C)ccc32)c1C. The molecule has 0 saturated heterocycles. The lowest BCUT2D eigenvalue weighted by molar-refractivity contribution is -0.131. The van der Waals surface area contributed by atoms with Gasteiger partial charge in [0, 0.05) is 33.0 Å². The molecule has 3 rings (SSSR count). The van der Waals surface area contributed by atoms with Crippen LogP contribution in [0.5, 0.6) is 11.5 Å². The summed E-state index contributed by atoms with van der Waals surface area (Å²) >= 11 is 0. The Hall–Kier alpha value is -3.34. The molecular formula is C22H20O5. The molecule has 0 spiro atoms. The molecule has 0 amide bonds. The van der Waals surface area contributed by atoms with Crippen molar-refractivity contribution in [1.29, 1.82) is 0 Å². The van der Waals surface area contributed by atoms with Crippen molar-refractivity contribution in [2.45, 2.75) is 27.7 Å². The van der Waals surface area contributed by atoms with Crippen LogP contribution in [0.4, 0.5) is 0 Å². The molecule has 0 aliphatic carbocycles. The second kappa shape index (κ2) is 6.76. The maximum atomic E-state index is 11.8. The first-order valence-electron chi connectivity index (χ1n) is 8.41. The summed E-state index contributed by atoms with van der Waals surface area (Å²) in [5.74, 6) is -0.139. The molecule has 2 aromatic carbocycles. The van der Waals surface area contributed by atoms with Gasteiger partial charge in [0.05, 0.1) is 0 Å². The molecule has 5 heteroatoms. The van der Waals surface area contributed by atoms with Gasteiger partial charge in [-0.25, -0.2) is 9.59 Å². The summed E-state index contributed by atoms with van der Waals surface area (Å²) in [4.78, 5) is 23.6. The predicted octanol–water partition coefficient (Wildman–Crippen LogP) is 5.17. The highest BCUT2D eigenvalue weighted by molar-refractivity contribution is 6.08. The van der Waals surface area contributed by atoms with Crippen LogP contribution < -0.4 is 9.47 Å². The number of fused-ring (bicyclic) bond motifs is 3. The van der Waals surface area contributed by atoms with Gasteiger partial charge < -0.3 is 13.9 Å². The van der Waals surface area contributed by atoms with Gasteiger partial charge in [0.15, 0.2) is 0 Å². The van der Waals surface area contributed by atoms with E-state index in [1.165, 1.54) is 0 Å². The molecule has 0 radical (unpaired) electrons. The standard InChI is InChI=1S/C22H20O5/c1-11(2)21(23)25-17-9-7-15-16-8-10-18(26-22(24)12(3)4)14(6)20(16)27-19(15)13(17)5/h7-10H,1,3H2,2,4-6H3. The lowest BCUT2D eigenvalue weighted by atomic mass is 10.1. The Bertz CT molecular complexity index is 1040. The fraction of sp³-hybridized carbons (Fsp3) is 0.182. The number of ether oxygens (including phenoxy) is 2. The average molecular weight is 364 g/mol. The van der Waals surface area contributed by atoms with Gasteiger partial charge in [-0.15, -0.1) is 0 Å². The third-order valence-electron chi connectivity index (χ3n) is 4.31. The second-order valence-corrected chi connectivity index (χ2v) is 6.57. The smallest absolute Gasteiger partial charge is 0.338 e. The highest BCUT2D eigenvalue weighted by Gasteiger charge is 2.18. The van der Waals surface area contributed by atoms with Crippen LogP contribution in [-0.4, -0.2) is 11.9 Å². The number of carbonyl (C=O) groups is 2. The van der Waals surface area contributed by atoms with Crippen molar-refractivity contribution in [2.75, 3.05) is 0 Å². The second-order valence-electron chi connectivity index (χ2n) is 6.57. The van der Waals surface area contributed by atoms with E-state index in [0.717, 1.165) is 10.8 Å². The van der Waals surface area contributed by atoms with Crippen molar-refractivity contribution in [3.63, 3.8) is 0 Å². The Morgan fingerprint density at radius 3 is 1.48 bits per heavy atom. The van der Waals surface area contributed by atoms with Gasteiger partial charge in [-0.1, -0.05) is 13.2 Å². The van der Waals surface area contributed by atoms with Crippen LogP contribution in [0.3, 0.4) is 0 Å². The summed E-state index contributed by atoms with van der Waals surface area (Å²) in [7, 11) is 0. The molecule has 0 bridgehead atoms. The van der Waals surface area contributed by atoms with E-state index in [4.69, 9.17) is 13.9 Å². The summed E-state index contributed by atoms with van der Waals surface area (Å²) in [5.41, 5.74) is 3.28. The fourth-order valence-electron chi connectivity index (χ4n) is 2.73. The predicted molar refractivity (Wildman–Crippen MR) is 104 cm³/mol. The van der Waals surface area contributed by atoms with E-state index in [9.17, 15) is 9.59 Å². The summed E-state index contributed by atoms with van der Waals surface area (Å²) in [6.45, 7) is 14.0. The van der Waals surface area contributed by atoms with Crippen molar-refractivity contribution in [1.82, 2.24) is 0 Å². The van der Waals surface area contributed by atoms with Gasteiger partial charge in [-0.05, 0) is 52.0 Å². The van der Waals surface area contributed by atoms with Crippen LogP contribution >= 0.6 is 0 Å². The number of hydrogen-bond acceptors (Lipinski definition) is 5. The first kappa shape index (κ1) is 18.5. The zero-order chi connectivity index (χ0) is 19.9. The number of esters is 2. The Labute approximate surface area is 156 Å². The normalized spacial score (nSPS) is 10.8. The number of hydrogen-bond donors (Lipinski definition) is 0. The van der Waals surface area contributed by atoms with Crippen LogP contribution in [-0.2, 0) is 9.59 Å². The molecule has 0 aliphatic rings. The van der Waals surface area contributed by atoms with E-state index < -0.39 is 11.9 Å². The van der Waals surface area contributed by atoms with Gasteiger partial charge in [-0.2, -0.15) is 0 Å². The van der Waals surface area contributed by atoms with Gasteiger partial charge in [0.25, 0.3) is 0 Å². The minimum Gasteiger partial charge on any atom is -0.455 e. The van der Waals surface area contributed by atoms with Crippen LogP contribution in [0.25, 0.3) is 21.9 Å². The Kier molecular flexibility index (Phi) is 4.62. The lowest BCUT2D eigenvalue weighted by Gasteiger charge is -2.07. The molecule has 27 heavy (non-hydrogen) atoms. The summed E-state index contributed by atoms with van der Waals surface area (Å²) in [6, 6.07) is 7.15. The third kappa shape index (κ3) is 3.24. The maximum Gasteiger partial charge on any atom is 0.338 e. The number of furan rings is 1. The highest BCUT2D eigenvalue weighted by Crippen LogP contribution is 2.38. The molecule has 5 nitrogen and oxygen atoms in total. The molecule has 0 aliphatic heterocycles. The molecule has 0 N–H and O–H groups in total. The Morgan fingerprint density at radius 1 is 0.778 bits per heavy atom. The number of rotatable bonds is 4. The highest BCUT2D eigenvalue weighted by atomic mass is 16.5. The summed E-state index contributed by atoms with van der Waals surface area (Å²) in [6.07, 6.45) is 0. The van der Waals surface area contributed by atoms with Crippen LogP contribution in [0.15, 0.2) is 53.0 Å². The third-order valence-corrected chi connectivity index (χ3v) is 4.31. The Balaban J connectivity index is 2.12. The first-order valence-corrected chi connectivity index (χ1v) is 8.41. The summed E-state index contributed by atoms with van der Waals surface area (Å²) in [5, 5.41) is 1.78. The first-order chi connectivity index (χ1) is 12.7. The van der Waals surface area contributed by atoms with Crippen LogP contribution in [0.2, 0.25) is 0 Å².